The van der Waals surface area contributed by atoms with E-state index in [-0.39, 0.29) is 5.60 Å². The van der Waals surface area contributed by atoms with E-state index in [4.69, 9.17) is 15.2 Å². The van der Waals surface area contributed by atoms with Crippen molar-refractivity contribution in [2.75, 3.05) is 31.3 Å². The van der Waals surface area contributed by atoms with Crippen LogP contribution in [0.3, 0.4) is 0 Å². The second-order valence-electron chi connectivity index (χ2n) is 5.03. The maximum Gasteiger partial charge on any atom is 0.239 e. The molecule has 0 radical (unpaired) electrons. The highest BCUT2D eigenvalue weighted by atomic mass is 16.5. The molecule has 1 fully saturated rings. The molecule has 0 bridgehead atoms. The molecule has 0 aromatic carbocycles. The summed E-state index contributed by atoms with van der Waals surface area (Å²) in [5.41, 5.74) is 6.39. The molecule has 1 aliphatic carbocycles. The molecule has 1 aromatic rings. The van der Waals surface area contributed by atoms with E-state index >= 15 is 0 Å². The lowest BCUT2D eigenvalue weighted by molar-refractivity contribution is -0.0601. The normalized spacial score (nSPS) is 16.7. The summed E-state index contributed by atoms with van der Waals surface area (Å²) < 4.78 is 11.1. The highest BCUT2D eigenvalue weighted by Gasteiger charge is 2.36. The molecule has 1 aliphatic rings. The highest BCUT2D eigenvalue weighted by molar-refractivity contribution is 5.53. The molecule has 106 valence electrons. The van der Waals surface area contributed by atoms with Crippen molar-refractivity contribution in [1.29, 1.82) is 0 Å². The lowest BCUT2D eigenvalue weighted by atomic mass is 9.80. The van der Waals surface area contributed by atoms with E-state index in [9.17, 15) is 0 Å². The number of nitrogen functional groups attached to an aromatic ring is 1. The van der Waals surface area contributed by atoms with Gasteiger partial charge in [0.1, 0.15) is 5.82 Å². The molecule has 0 unspecified atom stereocenters. The van der Waals surface area contributed by atoms with Gasteiger partial charge in [0.2, 0.25) is 5.88 Å². The zero-order valence-corrected chi connectivity index (χ0v) is 11.7. The number of anilines is 2. The molecule has 5 nitrogen and oxygen atoms in total. The van der Waals surface area contributed by atoms with Crippen molar-refractivity contribution in [3.8, 4) is 5.88 Å². The quantitative estimate of drug-likeness (QED) is 0.792. The summed E-state index contributed by atoms with van der Waals surface area (Å²) in [4.78, 5) is 4.39. The van der Waals surface area contributed by atoms with Crippen molar-refractivity contribution in [2.24, 2.45) is 0 Å². The fourth-order valence-corrected chi connectivity index (χ4v) is 2.14. The van der Waals surface area contributed by atoms with Gasteiger partial charge < -0.3 is 20.5 Å². The molecule has 3 N–H and O–H groups in total. The van der Waals surface area contributed by atoms with E-state index < -0.39 is 0 Å². The number of hydrogen-bond donors (Lipinski definition) is 2. The summed E-state index contributed by atoms with van der Waals surface area (Å²) in [7, 11) is 1.77. The molecular weight excluding hydrogens is 242 g/mol. The lowest BCUT2D eigenvalue weighted by Gasteiger charge is -2.40. The van der Waals surface area contributed by atoms with Crippen molar-refractivity contribution < 1.29 is 9.47 Å². The molecule has 1 aromatic heterocycles. The summed E-state index contributed by atoms with van der Waals surface area (Å²) >= 11 is 0. The minimum atomic E-state index is -0.0203. The van der Waals surface area contributed by atoms with Crippen molar-refractivity contribution >= 4 is 11.5 Å². The van der Waals surface area contributed by atoms with Gasteiger partial charge in [-0.15, -0.1) is 0 Å². The van der Waals surface area contributed by atoms with Gasteiger partial charge in [0, 0.05) is 13.7 Å². The van der Waals surface area contributed by atoms with E-state index in [0.717, 1.165) is 31.6 Å². The topological polar surface area (TPSA) is 69.4 Å². The molecular formula is C14H23N3O2. The third-order valence-electron chi connectivity index (χ3n) is 3.62. The number of nitrogens with zero attached hydrogens (tertiary/aromatic N) is 1. The first-order chi connectivity index (χ1) is 9.19. The molecule has 0 amide bonds. The maximum atomic E-state index is 5.84. The summed E-state index contributed by atoms with van der Waals surface area (Å²) in [5, 5.41) is 3.31. The van der Waals surface area contributed by atoms with Crippen molar-refractivity contribution in [1.82, 2.24) is 4.98 Å². The molecule has 19 heavy (non-hydrogen) atoms. The van der Waals surface area contributed by atoms with E-state index in [1.54, 1.807) is 7.11 Å². The molecule has 0 saturated heterocycles. The van der Waals surface area contributed by atoms with Gasteiger partial charge in [0.05, 0.1) is 17.9 Å². The van der Waals surface area contributed by atoms with Crippen LogP contribution in [0, 0.1) is 0 Å². The number of nitrogens with one attached hydrogen (secondary N) is 1. The fraction of sp³-hybridized carbons (Fsp3) is 0.643. The minimum absolute atomic E-state index is 0.0203. The first-order valence-corrected chi connectivity index (χ1v) is 6.87. The third kappa shape index (κ3) is 3.29. The number of nitrogens with two attached hydrogens (primary N) is 1. The average Bonchev–Trinajstić information content (AvgIpc) is 2.38. The smallest absolute Gasteiger partial charge is 0.239 e. The molecule has 1 heterocycles. The average molecular weight is 265 g/mol. The first-order valence-electron chi connectivity index (χ1n) is 6.87. The SMILES string of the molecule is CCCOc1nc(NCC2(OC)CCC2)ccc1N. The number of pyridine rings is 1. The zero-order valence-electron chi connectivity index (χ0n) is 11.7. The summed E-state index contributed by atoms with van der Waals surface area (Å²) in [6.45, 7) is 3.45. The van der Waals surface area contributed by atoms with Gasteiger partial charge in [-0.25, -0.2) is 0 Å². The fourth-order valence-electron chi connectivity index (χ4n) is 2.14. The number of rotatable bonds is 7. The molecule has 5 heteroatoms. The van der Waals surface area contributed by atoms with Crippen molar-refractivity contribution in [3.05, 3.63) is 12.1 Å². The molecule has 2 rings (SSSR count). The van der Waals surface area contributed by atoms with Gasteiger partial charge in [0.25, 0.3) is 0 Å². The van der Waals surface area contributed by atoms with Crippen LogP contribution in [0.2, 0.25) is 0 Å². The van der Waals surface area contributed by atoms with Crippen LogP contribution in [0.4, 0.5) is 11.5 Å². The summed E-state index contributed by atoms with van der Waals surface area (Å²) in [5.74, 6) is 1.29. The number of methoxy groups -OCH3 is 1. The predicted octanol–water partition coefficient (Wildman–Crippen LogP) is 2.43. The van der Waals surface area contributed by atoms with Crippen LogP contribution in [0.25, 0.3) is 0 Å². The Balaban J connectivity index is 1.96. The van der Waals surface area contributed by atoms with Crippen LogP contribution in [0.1, 0.15) is 32.6 Å². The molecule has 0 aliphatic heterocycles. The minimum Gasteiger partial charge on any atom is -0.476 e. The Morgan fingerprint density at radius 2 is 2.21 bits per heavy atom. The van der Waals surface area contributed by atoms with Crippen LogP contribution in [-0.4, -0.2) is 30.8 Å². The monoisotopic (exact) mass is 265 g/mol. The lowest BCUT2D eigenvalue weighted by Crippen LogP contribution is -2.45. The second-order valence-corrected chi connectivity index (χ2v) is 5.03. The van der Waals surface area contributed by atoms with Gasteiger partial charge >= 0.3 is 0 Å². The molecule has 1 saturated carbocycles. The van der Waals surface area contributed by atoms with E-state index in [1.807, 2.05) is 12.1 Å². The number of hydrogen-bond acceptors (Lipinski definition) is 5. The zero-order chi connectivity index (χ0) is 13.7. The van der Waals surface area contributed by atoms with Gasteiger partial charge in [-0.2, -0.15) is 4.98 Å². The Bertz CT molecular complexity index is 414. The van der Waals surface area contributed by atoms with E-state index in [0.29, 0.717) is 18.2 Å². The van der Waals surface area contributed by atoms with E-state index in [1.165, 1.54) is 6.42 Å². The van der Waals surface area contributed by atoms with Crippen LogP contribution in [-0.2, 0) is 4.74 Å². The van der Waals surface area contributed by atoms with Crippen molar-refractivity contribution in [3.63, 3.8) is 0 Å². The van der Waals surface area contributed by atoms with Gasteiger partial charge in [-0.1, -0.05) is 6.92 Å². The number of ether oxygens (including phenoxy) is 2. The highest BCUT2D eigenvalue weighted by Crippen LogP contribution is 2.35. The first kappa shape index (κ1) is 13.9. The van der Waals surface area contributed by atoms with Gasteiger partial charge in [0.15, 0.2) is 0 Å². The van der Waals surface area contributed by atoms with Crippen LogP contribution < -0.4 is 15.8 Å². The largest absolute Gasteiger partial charge is 0.476 e. The molecule has 0 spiro atoms. The standard InChI is InChI=1S/C14H23N3O2/c1-3-9-19-13-11(15)5-6-12(17-13)16-10-14(18-2)7-4-8-14/h5-6H,3-4,7-10,15H2,1-2H3,(H,16,17). The summed E-state index contributed by atoms with van der Waals surface area (Å²) in [6, 6.07) is 3.69. The van der Waals surface area contributed by atoms with Crippen LogP contribution >= 0.6 is 0 Å². The van der Waals surface area contributed by atoms with Gasteiger partial charge in [-0.3, -0.25) is 0 Å². The van der Waals surface area contributed by atoms with Crippen LogP contribution in [0.15, 0.2) is 12.1 Å². The predicted molar refractivity (Wildman–Crippen MR) is 76.5 cm³/mol. The van der Waals surface area contributed by atoms with E-state index in [2.05, 4.69) is 17.2 Å². The van der Waals surface area contributed by atoms with Crippen LogP contribution in [0.5, 0.6) is 5.88 Å². The Morgan fingerprint density at radius 1 is 1.42 bits per heavy atom. The Labute approximate surface area is 114 Å². The second kappa shape index (κ2) is 6.10. The number of aromatic nitrogens is 1. The Kier molecular flexibility index (Phi) is 4.47. The maximum absolute atomic E-state index is 5.84. The van der Waals surface area contributed by atoms with Gasteiger partial charge in [-0.05, 0) is 37.8 Å². The van der Waals surface area contributed by atoms with Crippen molar-refractivity contribution in [2.45, 2.75) is 38.2 Å². The Morgan fingerprint density at radius 3 is 2.79 bits per heavy atom. The molecule has 0 atom stereocenters. The third-order valence-corrected chi connectivity index (χ3v) is 3.62. The summed E-state index contributed by atoms with van der Waals surface area (Å²) in [6.07, 6.45) is 4.37. The Hall–Kier alpha value is -1.49.